The SMILES string of the molecule is CCCNC(Cc1ccccc1)C1(CC)CCCC1. The van der Waals surface area contributed by atoms with Crippen molar-refractivity contribution in [2.75, 3.05) is 6.54 Å². The summed E-state index contributed by atoms with van der Waals surface area (Å²) in [5.74, 6) is 0. The Kier molecular flexibility index (Phi) is 5.45. The highest BCUT2D eigenvalue weighted by atomic mass is 14.9. The number of hydrogen-bond donors (Lipinski definition) is 1. The first-order valence-electron chi connectivity index (χ1n) is 8.08. The van der Waals surface area contributed by atoms with Gasteiger partial charge in [0.15, 0.2) is 0 Å². The van der Waals surface area contributed by atoms with Crippen LogP contribution < -0.4 is 5.32 Å². The average molecular weight is 259 g/mol. The predicted molar refractivity (Wildman–Crippen MR) is 83.4 cm³/mol. The highest BCUT2D eigenvalue weighted by molar-refractivity contribution is 5.17. The summed E-state index contributed by atoms with van der Waals surface area (Å²) in [6, 6.07) is 11.7. The summed E-state index contributed by atoms with van der Waals surface area (Å²) in [6.45, 7) is 5.80. The van der Waals surface area contributed by atoms with E-state index in [0.717, 1.165) is 6.54 Å². The Balaban J connectivity index is 2.10. The van der Waals surface area contributed by atoms with E-state index in [-0.39, 0.29) is 0 Å². The van der Waals surface area contributed by atoms with Crippen LogP contribution in [0.4, 0.5) is 0 Å². The van der Waals surface area contributed by atoms with Crippen molar-refractivity contribution in [3.63, 3.8) is 0 Å². The van der Waals surface area contributed by atoms with E-state index >= 15 is 0 Å². The highest BCUT2D eigenvalue weighted by Crippen LogP contribution is 2.44. The molecule has 0 spiro atoms. The highest BCUT2D eigenvalue weighted by Gasteiger charge is 2.39. The van der Waals surface area contributed by atoms with Gasteiger partial charge in [0, 0.05) is 6.04 Å². The summed E-state index contributed by atoms with van der Waals surface area (Å²) in [5, 5.41) is 3.85. The summed E-state index contributed by atoms with van der Waals surface area (Å²) in [6.07, 6.45) is 9.41. The van der Waals surface area contributed by atoms with E-state index in [1.165, 1.54) is 50.5 Å². The number of benzene rings is 1. The summed E-state index contributed by atoms with van der Waals surface area (Å²) < 4.78 is 0. The maximum atomic E-state index is 3.85. The lowest BCUT2D eigenvalue weighted by Crippen LogP contribution is -2.45. The van der Waals surface area contributed by atoms with Gasteiger partial charge >= 0.3 is 0 Å². The maximum absolute atomic E-state index is 3.85. The third kappa shape index (κ3) is 3.60. The molecule has 1 heteroatoms. The van der Waals surface area contributed by atoms with Gasteiger partial charge in [0.1, 0.15) is 0 Å². The molecule has 1 atom stereocenters. The van der Waals surface area contributed by atoms with Crippen LogP contribution in [0.3, 0.4) is 0 Å². The van der Waals surface area contributed by atoms with Gasteiger partial charge in [-0.2, -0.15) is 0 Å². The monoisotopic (exact) mass is 259 g/mol. The molecule has 19 heavy (non-hydrogen) atoms. The molecule has 1 unspecified atom stereocenters. The fourth-order valence-corrected chi connectivity index (χ4v) is 3.70. The molecule has 1 N–H and O–H groups in total. The molecule has 1 aromatic rings. The number of hydrogen-bond acceptors (Lipinski definition) is 1. The molecule has 0 aliphatic heterocycles. The van der Waals surface area contributed by atoms with Crippen molar-refractivity contribution >= 4 is 0 Å². The zero-order chi connectivity index (χ0) is 13.6. The molecule has 1 saturated carbocycles. The van der Waals surface area contributed by atoms with Crippen LogP contribution >= 0.6 is 0 Å². The summed E-state index contributed by atoms with van der Waals surface area (Å²) in [7, 11) is 0. The predicted octanol–water partition coefficient (Wildman–Crippen LogP) is 4.57. The first-order chi connectivity index (χ1) is 9.30. The third-order valence-corrected chi connectivity index (χ3v) is 4.97. The second kappa shape index (κ2) is 7.09. The van der Waals surface area contributed by atoms with Crippen LogP contribution in [0.5, 0.6) is 0 Å². The molecule has 1 fully saturated rings. The molecule has 1 aliphatic rings. The lowest BCUT2D eigenvalue weighted by Gasteiger charge is -2.38. The molecular weight excluding hydrogens is 230 g/mol. The van der Waals surface area contributed by atoms with Gasteiger partial charge in [-0.15, -0.1) is 0 Å². The van der Waals surface area contributed by atoms with Gasteiger partial charge in [-0.3, -0.25) is 0 Å². The molecule has 0 radical (unpaired) electrons. The zero-order valence-electron chi connectivity index (χ0n) is 12.6. The first kappa shape index (κ1) is 14.6. The van der Waals surface area contributed by atoms with E-state index in [4.69, 9.17) is 0 Å². The lowest BCUT2D eigenvalue weighted by atomic mass is 9.74. The van der Waals surface area contributed by atoms with Crippen LogP contribution in [0.15, 0.2) is 30.3 Å². The Morgan fingerprint density at radius 3 is 2.37 bits per heavy atom. The molecule has 0 bridgehead atoms. The first-order valence-corrected chi connectivity index (χ1v) is 8.08. The van der Waals surface area contributed by atoms with Gasteiger partial charge in [0.2, 0.25) is 0 Å². The lowest BCUT2D eigenvalue weighted by molar-refractivity contribution is 0.184. The topological polar surface area (TPSA) is 12.0 Å². The second-order valence-electron chi connectivity index (χ2n) is 6.12. The summed E-state index contributed by atoms with van der Waals surface area (Å²) >= 11 is 0. The molecule has 1 nitrogen and oxygen atoms in total. The molecule has 0 aromatic heterocycles. The van der Waals surface area contributed by atoms with Gasteiger partial charge in [-0.1, -0.05) is 57.0 Å². The van der Waals surface area contributed by atoms with Gasteiger partial charge < -0.3 is 5.32 Å². The van der Waals surface area contributed by atoms with Crippen molar-refractivity contribution in [2.24, 2.45) is 5.41 Å². The minimum absolute atomic E-state index is 0.547. The fraction of sp³-hybridized carbons (Fsp3) is 0.667. The average Bonchev–Trinajstić information content (AvgIpc) is 2.94. The van der Waals surface area contributed by atoms with Crippen molar-refractivity contribution in [1.82, 2.24) is 5.32 Å². The van der Waals surface area contributed by atoms with E-state index in [1.807, 2.05) is 0 Å². The van der Waals surface area contributed by atoms with Gasteiger partial charge in [0.25, 0.3) is 0 Å². The Morgan fingerprint density at radius 2 is 1.79 bits per heavy atom. The second-order valence-corrected chi connectivity index (χ2v) is 6.12. The van der Waals surface area contributed by atoms with Gasteiger partial charge in [0.05, 0.1) is 0 Å². The number of nitrogens with one attached hydrogen (secondary N) is 1. The van der Waals surface area contributed by atoms with E-state index in [0.29, 0.717) is 11.5 Å². The minimum Gasteiger partial charge on any atom is -0.313 e. The van der Waals surface area contributed by atoms with Gasteiger partial charge in [-0.25, -0.2) is 0 Å². The number of rotatable bonds is 7. The van der Waals surface area contributed by atoms with Crippen LogP contribution in [0.1, 0.15) is 57.9 Å². The van der Waals surface area contributed by atoms with Crippen LogP contribution in [0.25, 0.3) is 0 Å². The minimum atomic E-state index is 0.547. The zero-order valence-corrected chi connectivity index (χ0v) is 12.6. The van der Waals surface area contributed by atoms with Gasteiger partial charge in [-0.05, 0) is 49.6 Å². The van der Waals surface area contributed by atoms with Crippen molar-refractivity contribution in [3.05, 3.63) is 35.9 Å². The molecule has 0 saturated heterocycles. The molecular formula is C18H29N. The van der Waals surface area contributed by atoms with Crippen LogP contribution in [-0.2, 0) is 6.42 Å². The maximum Gasteiger partial charge on any atom is 0.0164 e. The Bertz CT molecular complexity index is 351. The van der Waals surface area contributed by atoms with E-state index < -0.39 is 0 Å². The molecule has 2 rings (SSSR count). The van der Waals surface area contributed by atoms with Crippen LogP contribution in [-0.4, -0.2) is 12.6 Å². The van der Waals surface area contributed by atoms with Crippen molar-refractivity contribution in [3.8, 4) is 0 Å². The normalized spacial score (nSPS) is 19.5. The van der Waals surface area contributed by atoms with E-state index in [1.54, 1.807) is 0 Å². The molecule has 1 aromatic carbocycles. The molecule has 0 amide bonds. The smallest absolute Gasteiger partial charge is 0.0164 e. The van der Waals surface area contributed by atoms with Crippen LogP contribution in [0, 0.1) is 5.41 Å². The van der Waals surface area contributed by atoms with Crippen molar-refractivity contribution in [2.45, 2.75) is 64.8 Å². The standard InChI is InChI=1S/C18H29N/c1-3-14-19-17(15-16-10-6-5-7-11-16)18(4-2)12-8-9-13-18/h5-7,10-11,17,19H,3-4,8-9,12-15H2,1-2H3. The third-order valence-electron chi connectivity index (χ3n) is 4.97. The largest absolute Gasteiger partial charge is 0.313 e. The molecule has 0 heterocycles. The Hall–Kier alpha value is -0.820. The Morgan fingerprint density at radius 1 is 1.11 bits per heavy atom. The van der Waals surface area contributed by atoms with E-state index in [9.17, 15) is 0 Å². The Labute approximate surface area is 118 Å². The van der Waals surface area contributed by atoms with Crippen molar-refractivity contribution < 1.29 is 0 Å². The quantitative estimate of drug-likeness (QED) is 0.756. The molecule has 1 aliphatic carbocycles. The van der Waals surface area contributed by atoms with Crippen molar-refractivity contribution in [1.29, 1.82) is 0 Å². The summed E-state index contributed by atoms with van der Waals surface area (Å²) in [4.78, 5) is 0. The summed E-state index contributed by atoms with van der Waals surface area (Å²) in [5.41, 5.74) is 2.03. The van der Waals surface area contributed by atoms with E-state index in [2.05, 4.69) is 49.5 Å². The fourth-order valence-electron chi connectivity index (χ4n) is 3.70. The molecule has 106 valence electrons. The van der Waals surface area contributed by atoms with Crippen LogP contribution in [0.2, 0.25) is 0 Å².